The molecule has 0 saturated carbocycles. The number of hydrogen-bond acceptors (Lipinski definition) is 3. The Bertz CT molecular complexity index is 837. The van der Waals surface area contributed by atoms with E-state index in [4.69, 9.17) is 4.74 Å². The van der Waals surface area contributed by atoms with Crippen molar-refractivity contribution in [2.75, 3.05) is 10.2 Å². The Kier molecular flexibility index (Phi) is 4.58. The molecule has 0 fully saturated rings. The normalized spacial score (nSPS) is 16.7. The van der Waals surface area contributed by atoms with Gasteiger partial charge in [-0.25, -0.2) is 0 Å². The van der Waals surface area contributed by atoms with Crippen molar-refractivity contribution in [1.82, 2.24) is 0 Å². The molecule has 2 aromatic carbocycles. The Morgan fingerprint density at radius 3 is 2.54 bits per heavy atom. The van der Waals surface area contributed by atoms with Gasteiger partial charge in [-0.3, -0.25) is 9.59 Å². The molecule has 0 spiro atoms. The molecule has 2 aromatic rings. The summed E-state index contributed by atoms with van der Waals surface area (Å²) in [5.74, 6) is -2.04. The van der Waals surface area contributed by atoms with Gasteiger partial charge in [0.25, 0.3) is 5.91 Å². The van der Waals surface area contributed by atoms with E-state index in [9.17, 15) is 22.8 Å². The van der Waals surface area contributed by atoms with E-state index in [1.165, 1.54) is 23.1 Å². The number of ether oxygens (including phenoxy) is 1. The highest BCUT2D eigenvalue weighted by Crippen LogP contribution is 2.37. The molecule has 1 N–H and O–H groups in total. The molecule has 0 aromatic heterocycles. The minimum atomic E-state index is -5.00. The molecule has 1 heterocycles. The van der Waals surface area contributed by atoms with Crippen molar-refractivity contribution in [2.24, 2.45) is 0 Å². The maximum Gasteiger partial charge on any atom is 0.471 e. The topological polar surface area (TPSA) is 58.6 Å². The zero-order valence-corrected chi connectivity index (χ0v) is 13.7. The maximum atomic E-state index is 12.5. The average Bonchev–Trinajstić information content (AvgIpc) is 2.59. The molecule has 8 heteroatoms. The first-order chi connectivity index (χ1) is 12.3. The van der Waals surface area contributed by atoms with Crippen LogP contribution in [0.5, 0.6) is 5.75 Å². The van der Waals surface area contributed by atoms with Gasteiger partial charge >= 0.3 is 12.1 Å². The van der Waals surface area contributed by atoms with Crippen molar-refractivity contribution in [2.45, 2.75) is 25.7 Å². The summed E-state index contributed by atoms with van der Waals surface area (Å²) in [5, 5.41) is 1.78. The summed E-state index contributed by atoms with van der Waals surface area (Å²) in [5.41, 5.74) is 1.08. The van der Waals surface area contributed by atoms with Gasteiger partial charge in [-0.15, -0.1) is 0 Å². The highest BCUT2D eigenvalue weighted by molar-refractivity contribution is 6.01. The minimum Gasteiger partial charge on any atom is -0.479 e. The fourth-order valence-corrected chi connectivity index (χ4v) is 2.62. The molecule has 3 rings (SSSR count). The molecule has 0 aliphatic carbocycles. The zero-order chi connectivity index (χ0) is 18.9. The SMILES string of the molecule is CC1Oc2ccc(NC(=O)C(F)(F)F)cc2N(Cc2ccccc2)C1=O. The molecule has 1 aliphatic heterocycles. The summed E-state index contributed by atoms with van der Waals surface area (Å²) in [6.07, 6.45) is -5.72. The van der Waals surface area contributed by atoms with Crippen molar-refractivity contribution < 1.29 is 27.5 Å². The van der Waals surface area contributed by atoms with E-state index in [1.54, 1.807) is 12.2 Å². The first kappa shape index (κ1) is 17.8. The first-order valence-electron chi connectivity index (χ1n) is 7.80. The zero-order valence-electron chi connectivity index (χ0n) is 13.7. The lowest BCUT2D eigenvalue weighted by molar-refractivity contribution is -0.167. The van der Waals surface area contributed by atoms with Crippen LogP contribution in [-0.2, 0) is 16.1 Å². The van der Waals surface area contributed by atoms with Crippen LogP contribution in [0.2, 0.25) is 0 Å². The Labute approximate surface area is 147 Å². The van der Waals surface area contributed by atoms with Crippen LogP contribution in [0.15, 0.2) is 48.5 Å². The number of hydrogen-bond donors (Lipinski definition) is 1. The number of anilines is 2. The van der Waals surface area contributed by atoms with Gasteiger partial charge < -0.3 is 15.0 Å². The van der Waals surface area contributed by atoms with Crippen molar-refractivity contribution in [3.63, 3.8) is 0 Å². The molecule has 1 atom stereocenters. The molecular formula is C18H15F3N2O3. The Balaban J connectivity index is 1.93. The van der Waals surface area contributed by atoms with E-state index in [-0.39, 0.29) is 18.1 Å². The lowest BCUT2D eigenvalue weighted by atomic mass is 10.1. The van der Waals surface area contributed by atoms with Crippen LogP contribution >= 0.6 is 0 Å². The van der Waals surface area contributed by atoms with Crippen LogP contribution in [0.25, 0.3) is 0 Å². The fourth-order valence-electron chi connectivity index (χ4n) is 2.62. The van der Waals surface area contributed by atoms with Gasteiger partial charge in [-0.05, 0) is 30.7 Å². The second-order valence-electron chi connectivity index (χ2n) is 5.80. The van der Waals surface area contributed by atoms with Crippen molar-refractivity contribution >= 4 is 23.2 Å². The van der Waals surface area contributed by atoms with Gasteiger partial charge in [0.05, 0.1) is 12.2 Å². The number of carbonyl (C=O) groups is 2. The standard InChI is InChI=1S/C18H15F3N2O3/c1-11-16(24)23(10-12-5-3-2-4-6-12)14-9-13(7-8-15(14)26-11)22-17(25)18(19,20)21/h2-9,11H,10H2,1H3,(H,22,25). The monoisotopic (exact) mass is 364 g/mol. The number of rotatable bonds is 3. The number of carbonyl (C=O) groups excluding carboxylic acids is 2. The van der Waals surface area contributed by atoms with Crippen molar-refractivity contribution in [1.29, 1.82) is 0 Å². The number of benzene rings is 2. The number of nitrogens with one attached hydrogen (secondary N) is 1. The summed E-state index contributed by atoms with van der Waals surface area (Å²) < 4.78 is 42.9. The molecule has 0 bridgehead atoms. The first-order valence-corrected chi connectivity index (χ1v) is 7.80. The number of nitrogens with zero attached hydrogens (tertiary/aromatic N) is 1. The summed E-state index contributed by atoms with van der Waals surface area (Å²) in [6.45, 7) is 1.83. The largest absolute Gasteiger partial charge is 0.479 e. The van der Waals surface area contributed by atoms with Crippen LogP contribution in [0.1, 0.15) is 12.5 Å². The predicted octanol–water partition coefficient (Wildman–Crippen LogP) is 3.50. The van der Waals surface area contributed by atoms with Gasteiger partial charge in [0, 0.05) is 5.69 Å². The van der Waals surface area contributed by atoms with Gasteiger partial charge in [0.1, 0.15) is 5.75 Å². The number of amides is 2. The Hall–Kier alpha value is -3.03. The second kappa shape index (κ2) is 6.70. The third kappa shape index (κ3) is 3.63. The Morgan fingerprint density at radius 1 is 1.19 bits per heavy atom. The molecule has 0 radical (unpaired) electrons. The van der Waals surface area contributed by atoms with E-state index in [0.717, 1.165) is 5.56 Å². The lowest BCUT2D eigenvalue weighted by Crippen LogP contribution is -2.44. The molecule has 0 saturated heterocycles. The van der Waals surface area contributed by atoms with Crippen molar-refractivity contribution in [3.05, 3.63) is 54.1 Å². The highest BCUT2D eigenvalue weighted by Gasteiger charge is 2.39. The highest BCUT2D eigenvalue weighted by atomic mass is 19.4. The summed E-state index contributed by atoms with van der Waals surface area (Å²) in [6, 6.07) is 13.2. The fraction of sp³-hybridized carbons (Fsp3) is 0.222. The van der Waals surface area contributed by atoms with Crippen LogP contribution in [0, 0.1) is 0 Å². The average molecular weight is 364 g/mol. The molecule has 5 nitrogen and oxygen atoms in total. The van der Waals surface area contributed by atoms with Crippen molar-refractivity contribution in [3.8, 4) is 5.75 Å². The maximum absolute atomic E-state index is 12.5. The van der Waals surface area contributed by atoms with E-state index >= 15 is 0 Å². The molecule has 136 valence electrons. The van der Waals surface area contributed by atoms with E-state index in [2.05, 4.69) is 0 Å². The van der Waals surface area contributed by atoms with Gasteiger partial charge in [0.2, 0.25) is 0 Å². The van der Waals surface area contributed by atoms with Gasteiger partial charge in [0.15, 0.2) is 6.10 Å². The summed E-state index contributed by atoms with van der Waals surface area (Å²) >= 11 is 0. The second-order valence-corrected chi connectivity index (χ2v) is 5.80. The third-order valence-corrected chi connectivity index (χ3v) is 3.87. The summed E-state index contributed by atoms with van der Waals surface area (Å²) in [7, 11) is 0. The van der Waals surface area contributed by atoms with Gasteiger partial charge in [-0.2, -0.15) is 13.2 Å². The molecule has 1 unspecified atom stereocenters. The van der Waals surface area contributed by atoms with E-state index in [1.807, 2.05) is 30.3 Å². The predicted molar refractivity (Wildman–Crippen MR) is 88.8 cm³/mol. The quantitative estimate of drug-likeness (QED) is 0.907. The van der Waals surface area contributed by atoms with Crippen LogP contribution in [-0.4, -0.2) is 24.1 Å². The number of fused-ring (bicyclic) bond motifs is 1. The molecule has 1 aliphatic rings. The Morgan fingerprint density at radius 2 is 1.88 bits per heavy atom. The molecule has 26 heavy (non-hydrogen) atoms. The number of halogens is 3. The number of alkyl halides is 3. The van der Waals surface area contributed by atoms with Crippen LogP contribution < -0.4 is 15.0 Å². The van der Waals surface area contributed by atoms with Crippen LogP contribution in [0.4, 0.5) is 24.5 Å². The third-order valence-electron chi connectivity index (χ3n) is 3.87. The van der Waals surface area contributed by atoms with Gasteiger partial charge in [-0.1, -0.05) is 30.3 Å². The minimum absolute atomic E-state index is 0.0740. The summed E-state index contributed by atoms with van der Waals surface area (Å²) in [4.78, 5) is 25.1. The van der Waals surface area contributed by atoms with E-state index in [0.29, 0.717) is 11.4 Å². The molecule has 2 amide bonds. The smallest absolute Gasteiger partial charge is 0.471 e. The molecular weight excluding hydrogens is 349 g/mol. The van der Waals surface area contributed by atoms with Crippen LogP contribution in [0.3, 0.4) is 0 Å². The lowest BCUT2D eigenvalue weighted by Gasteiger charge is -2.33. The van der Waals surface area contributed by atoms with E-state index < -0.39 is 18.2 Å².